The van der Waals surface area contributed by atoms with E-state index in [1.807, 2.05) is 59.3 Å². The van der Waals surface area contributed by atoms with Crippen molar-refractivity contribution in [1.82, 2.24) is 9.38 Å². The van der Waals surface area contributed by atoms with E-state index >= 15 is 0 Å². The largest absolute Gasteiger partial charge is 0.392 e. The lowest BCUT2D eigenvalue weighted by atomic mass is 10.1. The van der Waals surface area contributed by atoms with Gasteiger partial charge >= 0.3 is 0 Å². The van der Waals surface area contributed by atoms with Crippen LogP contribution in [0.3, 0.4) is 0 Å². The zero-order valence-electron chi connectivity index (χ0n) is 13.8. The van der Waals surface area contributed by atoms with Gasteiger partial charge in [0.1, 0.15) is 11.5 Å². The van der Waals surface area contributed by atoms with Crippen molar-refractivity contribution < 1.29 is 9.50 Å². The van der Waals surface area contributed by atoms with Gasteiger partial charge in [0.2, 0.25) is 0 Å². The van der Waals surface area contributed by atoms with Crippen LogP contribution in [-0.4, -0.2) is 14.5 Å². The van der Waals surface area contributed by atoms with Crippen LogP contribution in [0, 0.1) is 12.7 Å². The third-order valence-corrected chi connectivity index (χ3v) is 4.36. The number of nitrogens with zero attached hydrogens (tertiary/aromatic N) is 2. The first kappa shape index (κ1) is 15.5. The maximum atomic E-state index is 13.8. The van der Waals surface area contributed by atoms with Crippen molar-refractivity contribution in [1.29, 1.82) is 0 Å². The normalized spacial score (nSPS) is 11.2. The third kappa shape index (κ3) is 2.92. The first-order valence-electron chi connectivity index (χ1n) is 8.09. The van der Waals surface area contributed by atoms with Crippen LogP contribution in [0.4, 0.5) is 4.39 Å². The Morgan fingerprint density at radius 1 is 0.960 bits per heavy atom. The smallest absolute Gasteiger partial charge is 0.137 e. The van der Waals surface area contributed by atoms with Gasteiger partial charge in [-0.05, 0) is 53.4 Å². The molecule has 2 heterocycles. The Kier molecular flexibility index (Phi) is 3.82. The van der Waals surface area contributed by atoms with Crippen molar-refractivity contribution in [2.24, 2.45) is 0 Å². The number of hydrogen-bond donors (Lipinski definition) is 1. The lowest BCUT2D eigenvalue weighted by Crippen LogP contribution is -1.87. The second-order valence-electron chi connectivity index (χ2n) is 6.13. The van der Waals surface area contributed by atoms with Crippen LogP contribution >= 0.6 is 0 Å². The molecule has 4 rings (SSSR count). The molecule has 1 N–H and O–H groups in total. The summed E-state index contributed by atoms with van der Waals surface area (Å²) >= 11 is 0. The van der Waals surface area contributed by atoms with Gasteiger partial charge in [-0.2, -0.15) is 0 Å². The number of fused-ring (bicyclic) bond motifs is 1. The number of rotatable bonds is 3. The number of aliphatic hydroxyl groups is 1. The van der Waals surface area contributed by atoms with Crippen LogP contribution in [0.1, 0.15) is 11.1 Å². The second kappa shape index (κ2) is 6.15. The lowest BCUT2D eigenvalue weighted by Gasteiger charge is -2.04. The Balaban J connectivity index is 1.77. The molecule has 0 unspecified atom stereocenters. The minimum atomic E-state index is -0.226. The topological polar surface area (TPSA) is 37.5 Å². The van der Waals surface area contributed by atoms with Crippen molar-refractivity contribution in [3.63, 3.8) is 0 Å². The molecule has 25 heavy (non-hydrogen) atoms. The molecule has 0 radical (unpaired) electrons. The summed E-state index contributed by atoms with van der Waals surface area (Å²) in [5.74, 6) is -0.226. The summed E-state index contributed by atoms with van der Waals surface area (Å²) in [5.41, 5.74) is 5.86. The quantitative estimate of drug-likeness (QED) is 0.595. The van der Waals surface area contributed by atoms with Gasteiger partial charge in [0.25, 0.3) is 0 Å². The van der Waals surface area contributed by atoms with Crippen molar-refractivity contribution in [2.75, 3.05) is 0 Å². The van der Waals surface area contributed by atoms with E-state index in [1.54, 1.807) is 13.0 Å². The number of aliphatic hydroxyl groups excluding tert-OH is 1. The van der Waals surface area contributed by atoms with Crippen LogP contribution in [-0.2, 0) is 6.61 Å². The summed E-state index contributed by atoms with van der Waals surface area (Å²) in [6, 6.07) is 16.9. The van der Waals surface area contributed by atoms with Crippen molar-refractivity contribution in [3.05, 3.63) is 83.9 Å². The van der Waals surface area contributed by atoms with Gasteiger partial charge in [-0.1, -0.05) is 30.3 Å². The number of hydrogen-bond acceptors (Lipinski definition) is 2. The minimum absolute atomic E-state index is 0.0182. The summed E-state index contributed by atoms with van der Waals surface area (Å²) in [6.45, 7) is 1.76. The summed E-state index contributed by atoms with van der Waals surface area (Å²) in [5, 5.41) is 9.31. The summed E-state index contributed by atoms with van der Waals surface area (Å²) in [7, 11) is 0. The predicted molar refractivity (Wildman–Crippen MR) is 96.7 cm³/mol. The van der Waals surface area contributed by atoms with Crippen LogP contribution in [0.25, 0.3) is 28.0 Å². The Labute approximate surface area is 145 Å². The second-order valence-corrected chi connectivity index (χ2v) is 6.13. The average molecular weight is 332 g/mol. The van der Waals surface area contributed by atoms with E-state index in [9.17, 15) is 9.50 Å². The Morgan fingerprint density at radius 3 is 2.60 bits per heavy atom. The first-order valence-corrected chi connectivity index (χ1v) is 8.09. The molecule has 0 saturated carbocycles. The van der Waals surface area contributed by atoms with Gasteiger partial charge in [0.15, 0.2) is 0 Å². The molecular weight excluding hydrogens is 315 g/mol. The van der Waals surface area contributed by atoms with Crippen LogP contribution in [0.15, 0.2) is 67.0 Å². The third-order valence-electron chi connectivity index (χ3n) is 4.36. The molecule has 0 saturated heterocycles. The average Bonchev–Trinajstić information content (AvgIpc) is 3.07. The van der Waals surface area contributed by atoms with E-state index in [1.165, 1.54) is 6.07 Å². The van der Waals surface area contributed by atoms with E-state index in [0.717, 1.165) is 33.6 Å². The SMILES string of the molecule is Cc1ccc(-c2cn3cc(-c4cccc(CO)c4)ccc3n2)cc1F. The molecule has 3 nitrogen and oxygen atoms in total. The summed E-state index contributed by atoms with van der Waals surface area (Å²) < 4.78 is 15.8. The van der Waals surface area contributed by atoms with Gasteiger partial charge in [0.05, 0.1) is 12.3 Å². The van der Waals surface area contributed by atoms with Gasteiger partial charge in [0, 0.05) is 18.0 Å². The molecule has 0 amide bonds. The maximum Gasteiger partial charge on any atom is 0.137 e. The van der Waals surface area contributed by atoms with Gasteiger partial charge in [-0.15, -0.1) is 0 Å². The molecule has 2 aromatic heterocycles. The zero-order chi connectivity index (χ0) is 17.4. The number of pyridine rings is 1. The van der Waals surface area contributed by atoms with Gasteiger partial charge < -0.3 is 9.51 Å². The molecule has 0 bridgehead atoms. The summed E-state index contributed by atoms with van der Waals surface area (Å²) in [6.07, 6.45) is 3.89. The standard InChI is InChI=1S/C21H17FN2O/c1-14-5-6-17(10-19(14)22)20-12-24-11-18(7-8-21(24)23-20)16-4-2-3-15(9-16)13-25/h2-12,25H,13H2,1H3. The highest BCUT2D eigenvalue weighted by Crippen LogP contribution is 2.25. The fourth-order valence-corrected chi connectivity index (χ4v) is 2.90. The number of imidazole rings is 1. The highest BCUT2D eigenvalue weighted by atomic mass is 19.1. The fraction of sp³-hybridized carbons (Fsp3) is 0.0952. The molecular formula is C21H17FN2O. The summed E-state index contributed by atoms with van der Waals surface area (Å²) in [4.78, 5) is 4.58. The molecule has 4 aromatic rings. The molecule has 0 aliphatic heterocycles. The molecule has 0 spiro atoms. The number of aryl methyl sites for hydroxylation is 1. The van der Waals surface area contributed by atoms with E-state index in [2.05, 4.69) is 4.98 Å². The van der Waals surface area contributed by atoms with Crippen molar-refractivity contribution in [2.45, 2.75) is 13.5 Å². The van der Waals surface area contributed by atoms with E-state index in [0.29, 0.717) is 5.56 Å². The molecule has 0 aliphatic carbocycles. The predicted octanol–water partition coefficient (Wildman–Crippen LogP) is 4.61. The number of halogens is 1. The van der Waals surface area contributed by atoms with Crippen molar-refractivity contribution in [3.8, 4) is 22.4 Å². The van der Waals surface area contributed by atoms with E-state index < -0.39 is 0 Å². The highest BCUT2D eigenvalue weighted by molar-refractivity contribution is 5.68. The lowest BCUT2D eigenvalue weighted by molar-refractivity contribution is 0.282. The fourth-order valence-electron chi connectivity index (χ4n) is 2.90. The van der Waals surface area contributed by atoms with Gasteiger partial charge in [-0.3, -0.25) is 0 Å². The number of aromatic nitrogens is 2. The Hall–Kier alpha value is -2.98. The molecule has 2 aromatic carbocycles. The Bertz CT molecular complexity index is 1070. The molecule has 0 atom stereocenters. The molecule has 124 valence electrons. The minimum Gasteiger partial charge on any atom is -0.392 e. The zero-order valence-corrected chi connectivity index (χ0v) is 13.8. The molecule has 0 fully saturated rings. The highest BCUT2D eigenvalue weighted by Gasteiger charge is 2.08. The monoisotopic (exact) mass is 332 g/mol. The van der Waals surface area contributed by atoms with Gasteiger partial charge in [-0.25, -0.2) is 9.37 Å². The molecule has 4 heteroatoms. The molecule has 0 aliphatic rings. The van der Waals surface area contributed by atoms with Crippen LogP contribution in [0.2, 0.25) is 0 Å². The maximum absolute atomic E-state index is 13.8. The van der Waals surface area contributed by atoms with Crippen LogP contribution < -0.4 is 0 Å². The first-order chi connectivity index (χ1) is 12.1. The number of benzene rings is 2. The Morgan fingerprint density at radius 2 is 1.80 bits per heavy atom. The van der Waals surface area contributed by atoms with E-state index in [4.69, 9.17) is 0 Å². The van der Waals surface area contributed by atoms with E-state index in [-0.39, 0.29) is 12.4 Å². The van der Waals surface area contributed by atoms with Crippen LogP contribution in [0.5, 0.6) is 0 Å². The van der Waals surface area contributed by atoms with Crippen molar-refractivity contribution >= 4 is 5.65 Å².